The van der Waals surface area contributed by atoms with Gasteiger partial charge in [-0.05, 0) is 38.5 Å². The molecule has 0 aliphatic rings. The van der Waals surface area contributed by atoms with Crippen LogP contribution in [0.4, 0.5) is 25.2 Å². The van der Waals surface area contributed by atoms with Crippen LogP contribution in [0.5, 0.6) is 0 Å². The molecule has 17 heavy (non-hydrogen) atoms. The van der Waals surface area contributed by atoms with Gasteiger partial charge in [-0.2, -0.15) is 0 Å². The molecule has 0 radical (unpaired) electrons. The number of hydrogen-bond acceptors (Lipinski definition) is 1. The second-order valence-corrected chi connectivity index (χ2v) is 5.30. The average molecular weight is 374 g/mol. The van der Waals surface area contributed by atoms with Crippen LogP contribution in [0.25, 0.3) is 0 Å². The van der Waals surface area contributed by atoms with Gasteiger partial charge in [0.1, 0.15) is 0 Å². The molecule has 0 bridgehead atoms. The fourth-order valence-corrected chi connectivity index (χ4v) is 1.04. The van der Waals surface area contributed by atoms with E-state index in [1.54, 1.807) is 0 Å². The Morgan fingerprint density at radius 2 is 1.06 bits per heavy atom. The molecule has 1 nitrogen and oxygen atoms in total. The topological polar surface area (TPSA) is 12.9 Å². The Morgan fingerprint density at radius 1 is 0.824 bits per heavy atom. The van der Waals surface area contributed by atoms with Crippen LogP contribution >= 0.6 is 7.81 Å². The molecule has 0 amide bonds. The van der Waals surface area contributed by atoms with E-state index in [4.69, 9.17) is 0 Å². The summed E-state index contributed by atoms with van der Waals surface area (Å²) in [7, 11) is -10.7. The third-order valence-electron chi connectivity index (χ3n) is 1.23. The van der Waals surface area contributed by atoms with Crippen molar-refractivity contribution in [1.82, 2.24) is 4.98 Å². The molecule has 0 saturated heterocycles. The van der Waals surface area contributed by atoms with Crippen LogP contribution < -0.4 is 0 Å². The van der Waals surface area contributed by atoms with E-state index in [2.05, 4.69) is 24.0 Å². The van der Waals surface area contributed by atoms with Crippen LogP contribution in [0.15, 0.2) is 12.1 Å². The molecule has 0 spiro atoms. The van der Waals surface area contributed by atoms with E-state index in [1.807, 2.05) is 13.8 Å². The van der Waals surface area contributed by atoms with Crippen LogP contribution in [0, 0.1) is 20.8 Å². The summed E-state index contributed by atoms with van der Waals surface area (Å²) in [6, 6.07) is 4.15. The maximum Gasteiger partial charge on any atom is 1.00 e. The van der Waals surface area contributed by atoms with Crippen LogP contribution in [0.3, 0.4) is 0 Å². The second-order valence-electron chi connectivity index (χ2n) is 3.39. The van der Waals surface area contributed by atoms with Crippen molar-refractivity contribution < 1.29 is 47.6 Å². The van der Waals surface area contributed by atoms with Gasteiger partial charge in [0.2, 0.25) is 0 Å². The summed E-state index contributed by atoms with van der Waals surface area (Å²) in [6.45, 7) is 6.11. The monoisotopic (exact) mass is 373 g/mol. The van der Waals surface area contributed by atoms with Crippen molar-refractivity contribution in [2.24, 2.45) is 0 Å². The Balaban J connectivity index is 0. The van der Waals surface area contributed by atoms with E-state index < -0.39 is 7.81 Å². The van der Waals surface area contributed by atoms with Gasteiger partial charge in [0.05, 0.1) is 0 Å². The molecule has 0 atom stereocenters. The first-order chi connectivity index (χ1) is 6.63. The molecule has 0 fully saturated rings. The van der Waals surface area contributed by atoms with Gasteiger partial charge < -0.3 is 0 Å². The summed E-state index contributed by atoms with van der Waals surface area (Å²) in [4.78, 5) is 4.23. The van der Waals surface area contributed by atoms with E-state index >= 15 is 0 Å². The minimum absolute atomic E-state index is 0. The molecule has 106 valence electrons. The van der Waals surface area contributed by atoms with E-state index in [0.717, 1.165) is 11.4 Å². The first-order valence-corrected chi connectivity index (χ1v) is 6.14. The number of aromatic nitrogens is 1. The quantitative estimate of drug-likeness (QED) is 0.337. The van der Waals surface area contributed by atoms with Crippen molar-refractivity contribution >= 4 is 7.81 Å². The van der Waals surface area contributed by atoms with Crippen molar-refractivity contribution in [2.75, 3.05) is 0 Å². The molecule has 0 saturated carbocycles. The standard InChI is InChI=1S/C8H11N.Ag.F6P/c1-6-4-7(2)9-8(3)5-6;;1-7(2,3,4,5)6/h4-5H,1-3H3;;/q;+1;-1. The molecule has 1 rings (SSSR count). The van der Waals surface area contributed by atoms with Crippen LogP contribution in [0.2, 0.25) is 0 Å². The molecule has 9 heteroatoms. The average Bonchev–Trinajstić information content (AvgIpc) is 1.73. The molecule has 0 aliphatic carbocycles. The first kappa shape index (κ1) is 19.2. The van der Waals surface area contributed by atoms with Crippen molar-refractivity contribution in [3.63, 3.8) is 0 Å². The largest absolute Gasteiger partial charge is 1.00 e. The van der Waals surface area contributed by atoms with Crippen molar-refractivity contribution in [1.29, 1.82) is 0 Å². The van der Waals surface area contributed by atoms with E-state index in [1.165, 1.54) is 5.56 Å². The minimum Gasteiger partial charge on any atom is 1.00 e. The maximum absolute atomic E-state index is 10.7. The normalized spacial score (nSPS) is 14.6. The summed E-state index contributed by atoms with van der Waals surface area (Å²) < 4.78 is 59.2. The summed E-state index contributed by atoms with van der Waals surface area (Å²) in [5.41, 5.74) is 3.50. The third-order valence-corrected chi connectivity index (χ3v) is 1.23. The summed E-state index contributed by atoms with van der Waals surface area (Å²) in [5.74, 6) is 0. The Labute approximate surface area is 110 Å². The Kier molecular flexibility index (Phi) is 5.52. The van der Waals surface area contributed by atoms with Gasteiger partial charge in [0.15, 0.2) is 0 Å². The number of nitrogens with zero attached hydrogens (tertiary/aromatic N) is 1. The molecule has 1 aromatic heterocycles. The number of hydrogen-bond donors (Lipinski definition) is 0. The second kappa shape index (κ2) is 4.88. The molecule has 0 N–H and O–H groups in total. The number of aryl methyl sites for hydroxylation is 3. The molecule has 0 unspecified atom stereocenters. The molecule has 1 heterocycles. The molecular weight excluding hydrogens is 363 g/mol. The Bertz CT molecular complexity index is 325. The zero-order valence-electron chi connectivity index (χ0n) is 9.12. The van der Waals surface area contributed by atoms with Crippen LogP contribution in [-0.2, 0) is 22.4 Å². The number of pyridine rings is 1. The fraction of sp³-hybridized carbons (Fsp3) is 0.375. The van der Waals surface area contributed by atoms with Crippen molar-refractivity contribution in [3.8, 4) is 0 Å². The van der Waals surface area contributed by atoms with E-state index in [-0.39, 0.29) is 22.4 Å². The zero-order valence-corrected chi connectivity index (χ0v) is 11.5. The van der Waals surface area contributed by atoms with E-state index in [0.29, 0.717) is 0 Å². The molecular formula is C8H11AgF6NP. The van der Waals surface area contributed by atoms with Gasteiger partial charge >= 0.3 is 55.4 Å². The number of rotatable bonds is 0. The van der Waals surface area contributed by atoms with Crippen LogP contribution in [0.1, 0.15) is 17.0 Å². The zero-order chi connectivity index (χ0) is 13.3. The predicted molar refractivity (Wildman–Crippen MR) is 52.0 cm³/mol. The van der Waals surface area contributed by atoms with Gasteiger partial charge in [-0.25, -0.2) is 0 Å². The summed E-state index contributed by atoms with van der Waals surface area (Å²) in [5, 5.41) is 0. The minimum atomic E-state index is -10.7. The maximum atomic E-state index is 9.87. The van der Waals surface area contributed by atoms with Crippen molar-refractivity contribution in [2.45, 2.75) is 20.8 Å². The SMILES string of the molecule is Cc1cc(C)nc(C)c1.F[P-](F)(F)(F)(F)F.[Ag+]. The molecule has 0 aliphatic heterocycles. The fourth-order valence-electron chi connectivity index (χ4n) is 1.04. The van der Waals surface area contributed by atoms with Gasteiger partial charge in [-0.1, -0.05) is 0 Å². The van der Waals surface area contributed by atoms with Gasteiger partial charge in [0, 0.05) is 11.4 Å². The third kappa shape index (κ3) is 21.7. The Morgan fingerprint density at radius 3 is 1.24 bits per heavy atom. The molecule has 1 aromatic rings. The Hall–Kier alpha value is -0.0997. The van der Waals surface area contributed by atoms with Gasteiger partial charge in [0.25, 0.3) is 0 Å². The first-order valence-electron chi connectivity index (χ1n) is 4.12. The molecule has 0 aromatic carbocycles. The summed E-state index contributed by atoms with van der Waals surface area (Å²) >= 11 is 0. The number of halogens is 6. The smallest absolute Gasteiger partial charge is 1.00 e. The van der Waals surface area contributed by atoms with Gasteiger partial charge in [-0.3, -0.25) is 4.98 Å². The summed E-state index contributed by atoms with van der Waals surface area (Å²) in [6.07, 6.45) is 0. The van der Waals surface area contributed by atoms with Crippen molar-refractivity contribution in [3.05, 3.63) is 29.1 Å². The van der Waals surface area contributed by atoms with Crippen LogP contribution in [-0.4, -0.2) is 4.98 Å². The van der Waals surface area contributed by atoms with Gasteiger partial charge in [-0.15, -0.1) is 0 Å². The predicted octanol–water partition coefficient (Wildman–Crippen LogP) is 5.39. The van der Waals surface area contributed by atoms with E-state index in [9.17, 15) is 25.2 Å².